The number of aryl methyl sites for hydroxylation is 2. The van der Waals surface area contributed by atoms with Gasteiger partial charge in [0, 0.05) is 17.3 Å². The molecule has 3 N–H and O–H groups in total. The highest BCUT2D eigenvalue weighted by atomic mass is 16.5. The summed E-state index contributed by atoms with van der Waals surface area (Å²) >= 11 is 0. The number of nitrogens with two attached hydrogens (primary N) is 1. The van der Waals surface area contributed by atoms with E-state index in [-0.39, 0.29) is 0 Å². The van der Waals surface area contributed by atoms with E-state index in [1.54, 1.807) is 11.6 Å². The Morgan fingerprint density at radius 2 is 1.90 bits per heavy atom. The number of rotatable bonds is 3. The summed E-state index contributed by atoms with van der Waals surface area (Å²) in [5.74, 6) is 7.09. The lowest BCUT2D eigenvalue weighted by atomic mass is 10.1. The maximum atomic E-state index is 5.57. The van der Waals surface area contributed by atoms with Crippen molar-refractivity contribution in [2.24, 2.45) is 5.84 Å². The maximum absolute atomic E-state index is 5.57. The maximum Gasteiger partial charge on any atom is 0.165 e. The van der Waals surface area contributed by atoms with Crippen molar-refractivity contribution in [3.05, 3.63) is 41.7 Å². The van der Waals surface area contributed by atoms with Crippen molar-refractivity contribution in [1.82, 2.24) is 14.6 Å². The number of nitrogens with zero attached hydrogens (tertiary/aromatic N) is 3. The van der Waals surface area contributed by atoms with Crippen LogP contribution in [0.1, 0.15) is 11.4 Å². The predicted molar refractivity (Wildman–Crippen MR) is 82.3 cm³/mol. The van der Waals surface area contributed by atoms with Crippen LogP contribution in [0, 0.1) is 13.8 Å². The summed E-state index contributed by atoms with van der Waals surface area (Å²) in [6.07, 6.45) is 0. The van der Waals surface area contributed by atoms with Gasteiger partial charge in [-0.2, -0.15) is 9.61 Å². The van der Waals surface area contributed by atoms with Gasteiger partial charge in [0.15, 0.2) is 5.65 Å². The molecule has 0 aliphatic heterocycles. The van der Waals surface area contributed by atoms with Gasteiger partial charge in [0.05, 0.1) is 12.8 Å². The minimum Gasteiger partial charge on any atom is -0.497 e. The molecule has 0 fully saturated rings. The van der Waals surface area contributed by atoms with Gasteiger partial charge in [0.2, 0.25) is 0 Å². The van der Waals surface area contributed by atoms with Crippen molar-refractivity contribution >= 4 is 11.5 Å². The second-order valence-electron chi connectivity index (χ2n) is 4.85. The van der Waals surface area contributed by atoms with Crippen LogP contribution < -0.4 is 16.0 Å². The molecule has 3 rings (SSSR count). The topological polar surface area (TPSA) is 77.5 Å². The Bertz CT molecular complexity index is 792. The zero-order valence-electron chi connectivity index (χ0n) is 12.2. The van der Waals surface area contributed by atoms with Gasteiger partial charge in [0.25, 0.3) is 0 Å². The standard InChI is InChI=1S/C15H17N5O/c1-9-8-13(18-16)20-15(17-9)14(10(2)19-20)11-4-6-12(21-3)7-5-11/h4-8,18H,16H2,1-3H3. The molecule has 6 heteroatoms. The molecule has 0 unspecified atom stereocenters. The van der Waals surface area contributed by atoms with Crippen molar-refractivity contribution in [3.63, 3.8) is 0 Å². The second-order valence-corrected chi connectivity index (χ2v) is 4.85. The third-order valence-corrected chi connectivity index (χ3v) is 3.42. The van der Waals surface area contributed by atoms with Gasteiger partial charge in [-0.25, -0.2) is 10.8 Å². The molecule has 21 heavy (non-hydrogen) atoms. The normalized spacial score (nSPS) is 10.9. The number of hydrogen-bond donors (Lipinski definition) is 2. The molecule has 6 nitrogen and oxygen atoms in total. The highest BCUT2D eigenvalue weighted by molar-refractivity contribution is 5.81. The number of nitrogen functional groups attached to an aromatic ring is 1. The smallest absolute Gasteiger partial charge is 0.165 e. The van der Waals surface area contributed by atoms with Crippen LogP contribution in [0.15, 0.2) is 30.3 Å². The monoisotopic (exact) mass is 283 g/mol. The number of methoxy groups -OCH3 is 1. The molecular formula is C15H17N5O. The number of hydrogen-bond acceptors (Lipinski definition) is 5. The van der Waals surface area contributed by atoms with Crippen LogP contribution >= 0.6 is 0 Å². The minimum absolute atomic E-state index is 0.709. The van der Waals surface area contributed by atoms with Crippen LogP contribution in [0.3, 0.4) is 0 Å². The highest BCUT2D eigenvalue weighted by Gasteiger charge is 2.15. The van der Waals surface area contributed by atoms with Gasteiger partial charge in [-0.15, -0.1) is 0 Å². The Hall–Kier alpha value is -2.60. The molecular weight excluding hydrogens is 266 g/mol. The Kier molecular flexibility index (Phi) is 3.23. The first-order valence-electron chi connectivity index (χ1n) is 6.62. The molecule has 1 aromatic carbocycles. The summed E-state index contributed by atoms with van der Waals surface area (Å²) in [6.45, 7) is 3.89. The van der Waals surface area contributed by atoms with Gasteiger partial charge >= 0.3 is 0 Å². The van der Waals surface area contributed by atoms with Crippen molar-refractivity contribution in [2.75, 3.05) is 12.5 Å². The molecule has 0 saturated carbocycles. The van der Waals surface area contributed by atoms with E-state index in [1.165, 1.54) is 0 Å². The van der Waals surface area contributed by atoms with Gasteiger partial charge in [-0.05, 0) is 31.5 Å². The van der Waals surface area contributed by atoms with Crippen LogP contribution in [0.4, 0.5) is 5.82 Å². The lowest BCUT2D eigenvalue weighted by Gasteiger charge is -2.06. The summed E-state index contributed by atoms with van der Waals surface area (Å²) in [5.41, 5.74) is 7.27. The molecule has 0 aliphatic rings. The van der Waals surface area contributed by atoms with E-state index in [1.807, 2.05) is 44.2 Å². The first-order chi connectivity index (χ1) is 10.1. The molecule has 108 valence electrons. The fourth-order valence-corrected chi connectivity index (χ4v) is 2.44. The molecule has 0 amide bonds. The lowest BCUT2D eigenvalue weighted by Crippen LogP contribution is -2.12. The van der Waals surface area contributed by atoms with Gasteiger partial charge in [0.1, 0.15) is 11.6 Å². The molecule has 0 atom stereocenters. The first kappa shape index (κ1) is 13.4. The minimum atomic E-state index is 0.709. The quantitative estimate of drug-likeness (QED) is 0.569. The molecule has 0 bridgehead atoms. The lowest BCUT2D eigenvalue weighted by molar-refractivity contribution is 0.415. The van der Waals surface area contributed by atoms with Crippen LogP contribution in [0.25, 0.3) is 16.8 Å². The van der Waals surface area contributed by atoms with Crippen LogP contribution in [0.2, 0.25) is 0 Å². The van der Waals surface area contributed by atoms with Crippen LogP contribution in [-0.2, 0) is 0 Å². The number of nitrogens with one attached hydrogen (secondary N) is 1. The number of benzene rings is 1. The van der Waals surface area contributed by atoms with E-state index < -0.39 is 0 Å². The fourth-order valence-electron chi connectivity index (χ4n) is 2.44. The van der Waals surface area contributed by atoms with E-state index in [9.17, 15) is 0 Å². The molecule has 3 aromatic rings. The molecule has 0 saturated heterocycles. The Morgan fingerprint density at radius 3 is 2.52 bits per heavy atom. The van der Waals surface area contributed by atoms with Crippen molar-refractivity contribution < 1.29 is 4.74 Å². The van der Waals surface area contributed by atoms with Crippen LogP contribution in [0.5, 0.6) is 5.75 Å². The number of aromatic nitrogens is 3. The average molecular weight is 283 g/mol. The summed E-state index contributed by atoms with van der Waals surface area (Å²) in [4.78, 5) is 4.60. The third-order valence-electron chi connectivity index (χ3n) is 3.42. The van der Waals surface area contributed by atoms with E-state index in [2.05, 4.69) is 15.5 Å². The number of ether oxygens (including phenoxy) is 1. The summed E-state index contributed by atoms with van der Waals surface area (Å²) < 4.78 is 6.92. The zero-order valence-corrected chi connectivity index (χ0v) is 12.2. The van der Waals surface area contributed by atoms with Crippen molar-refractivity contribution in [3.8, 4) is 16.9 Å². The predicted octanol–water partition coefficient (Wildman–Crippen LogP) is 2.31. The summed E-state index contributed by atoms with van der Waals surface area (Å²) in [6, 6.07) is 9.72. The van der Waals surface area contributed by atoms with Gasteiger partial charge in [-0.3, -0.25) is 0 Å². The van der Waals surface area contributed by atoms with Crippen LogP contribution in [-0.4, -0.2) is 21.7 Å². The molecule has 0 spiro atoms. The fraction of sp³-hybridized carbons (Fsp3) is 0.200. The largest absolute Gasteiger partial charge is 0.497 e. The van der Waals surface area contributed by atoms with E-state index in [0.29, 0.717) is 5.82 Å². The molecule has 2 heterocycles. The third kappa shape index (κ3) is 2.19. The highest BCUT2D eigenvalue weighted by Crippen LogP contribution is 2.30. The van der Waals surface area contributed by atoms with E-state index in [0.717, 1.165) is 33.9 Å². The van der Waals surface area contributed by atoms with Crippen molar-refractivity contribution in [1.29, 1.82) is 0 Å². The average Bonchev–Trinajstić information content (AvgIpc) is 2.82. The Morgan fingerprint density at radius 1 is 1.19 bits per heavy atom. The number of hydrazine groups is 1. The SMILES string of the molecule is COc1ccc(-c2c(C)nn3c(NN)cc(C)nc23)cc1. The summed E-state index contributed by atoms with van der Waals surface area (Å²) in [5, 5.41) is 4.52. The Labute approximate surface area is 122 Å². The first-order valence-corrected chi connectivity index (χ1v) is 6.62. The second kappa shape index (κ2) is 5.06. The Balaban J connectivity index is 2.26. The number of anilines is 1. The van der Waals surface area contributed by atoms with E-state index >= 15 is 0 Å². The van der Waals surface area contributed by atoms with Gasteiger partial charge < -0.3 is 10.2 Å². The van der Waals surface area contributed by atoms with Crippen molar-refractivity contribution in [2.45, 2.75) is 13.8 Å². The van der Waals surface area contributed by atoms with E-state index in [4.69, 9.17) is 10.6 Å². The summed E-state index contributed by atoms with van der Waals surface area (Å²) in [7, 11) is 1.65. The number of fused-ring (bicyclic) bond motifs is 1. The zero-order chi connectivity index (χ0) is 15.0. The molecule has 0 aliphatic carbocycles. The molecule has 0 radical (unpaired) electrons. The molecule has 2 aromatic heterocycles. The van der Waals surface area contributed by atoms with Gasteiger partial charge in [-0.1, -0.05) is 12.1 Å².